The molecule has 0 saturated heterocycles. The Morgan fingerprint density at radius 1 is 1.10 bits per heavy atom. The van der Waals surface area contributed by atoms with Gasteiger partial charge in [0.15, 0.2) is 0 Å². The van der Waals surface area contributed by atoms with E-state index in [9.17, 15) is 9.00 Å². The average molecular weight is 729 g/mol. The Balaban J connectivity index is 1.50. The van der Waals surface area contributed by atoms with Crippen molar-refractivity contribution < 1.29 is 23.2 Å². The van der Waals surface area contributed by atoms with E-state index in [-0.39, 0.29) is 23.9 Å². The van der Waals surface area contributed by atoms with Crippen LogP contribution in [0.5, 0.6) is 11.8 Å². The number of ether oxygens (including phenoxy) is 3. The van der Waals surface area contributed by atoms with E-state index in [2.05, 4.69) is 58.7 Å². The number of nitrogens with two attached hydrogens (primary N) is 1. The van der Waals surface area contributed by atoms with E-state index in [0.717, 1.165) is 46.5 Å². The van der Waals surface area contributed by atoms with Crippen molar-refractivity contribution in [1.82, 2.24) is 19.6 Å². The summed E-state index contributed by atoms with van der Waals surface area (Å²) in [6, 6.07) is 18.2. The number of para-hydroxylation sites is 1. The van der Waals surface area contributed by atoms with Crippen molar-refractivity contribution in [1.29, 1.82) is 0 Å². The van der Waals surface area contributed by atoms with Gasteiger partial charge in [-0.25, -0.2) is 18.5 Å². The van der Waals surface area contributed by atoms with E-state index in [1.807, 2.05) is 62.3 Å². The molecular formula is C40H52N6O5S. The lowest BCUT2D eigenvalue weighted by Crippen LogP contribution is -2.48. The molecule has 1 aromatic heterocycles. The summed E-state index contributed by atoms with van der Waals surface area (Å²) in [4.78, 5) is 23.0. The number of fused-ring (bicyclic) bond motifs is 1. The Morgan fingerprint density at radius 3 is 2.56 bits per heavy atom. The summed E-state index contributed by atoms with van der Waals surface area (Å²) < 4.78 is 32.9. The lowest BCUT2D eigenvalue weighted by Gasteiger charge is -2.38. The smallest absolute Gasteiger partial charge is 0.316 e. The maximum absolute atomic E-state index is 14.0. The lowest BCUT2D eigenvalue weighted by atomic mass is 9.74. The Bertz CT molecular complexity index is 1870. The van der Waals surface area contributed by atoms with E-state index in [4.69, 9.17) is 19.9 Å². The molecule has 3 atom stereocenters. The number of hydrogen-bond donors (Lipinski definition) is 3. The molecule has 4 N–H and O–H groups in total. The number of anilines is 2. The van der Waals surface area contributed by atoms with Crippen molar-refractivity contribution in [3.63, 3.8) is 0 Å². The number of hydrogen-bond acceptors (Lipinski definition) is 9. The summed E-state index contributed by atoms with van der Waals surface area (Å²) in [5, 5.41) is 6.64. The van der Waals surface area contributed by atoms with Crippen molar-refractivity contribution in [2.24, 2.45) is 0 Å². The molecule has 0 spiro atoms. The molecule has 1 aliphatic heterocycles. The second-order valence-corrected chi connectivity index (χ2v) is 15.1. The van der Waals surface area contributed by atoms with E-state index in [0.29, 0.717) is 54.6 Å². The predicted octanol–water partition coefficient (Wildman–Crippen LogP) is 6.56. The van der Waals surface area contributed by atoms with Crippen LogP contribution in [0.25, 0.3) is 0 Å². The molecule has 1 aliphatic rings. The van der Waals surface area contributed by atoms with E-state index in [1.165, 1.54) is 12.4 Å². The second-order valence-electron chi connectivity index (χ2n) is 13.7. The van der Waals surface area contributed by atoms with Crippen LogP contribution in [0.1, 0.15) is 84.6 Å². The van der Waals surface area contributed by atoms with Gasteiger partial charge in [0, 0.05) is 63.6 Å². The summed E-state index contributed by atoms with van der Waals surface area (Å²) in [7, 11) is 0.222. The van der Waals surface area contributed by atoms with E-state index in [1.54, 1.807) is 7.11 Å². The topological polar surface area (TPSA) is 141 Å². The van der Waals surface area contributed by atoms with Gasteiger partial charge in [-0.1, -0.05) is 43.3 Å². The zero-order chi connectivity index (χ0) is 37.4. The van der Waals surface area contributed by atoms with Gasteiger partial charge in [0.05, 0.1) is 28.4 Å². The summed E-state index contributed by atoms with van der Waals surface area (Å²) in [5.41, 5.74) is 12.8. The van der Waals surface area contributed by atoms with Gasteiger partial charge in [0.25, 0.3) is 5.91 Å². The van der Waals surface area contributed by atoms with Gasteiger partial charge >= 0.3 is 6.01 Å². The molecule has 0 aliphatic carbocycles. The quantitative estimate of drug-likeness (QED) is 0.0917. The minimum atomic E-state index is -1.42. The fourth-order valence-electron chi connectivity index (χ4n) is 6.61. The van der Waals surface area contributed by atoms with Gasteiger partial charge in [-0.05, 0) is 87.1 Å². The van der Waals surface area contributed by atoms with Crippen LogP contribution in [0.15, 0.2) is 71.9 Å². The highest BCUT2D eigenvalue weighted by Gasteiger charge is 2.36. The van der Waals surface area contributed by atoms with Crippen LogP contribution < -0.4 is 25.8 Å². The van der Waals surface area contributed by atoms with Gasteiger partial charge in [-0.15, -0.1) is 0 Å². The number of carbonyl (C=O) groups excluding carboxylic acids is 1. The summed E-state index contributed by atoms with van der Waals surface area (Å²) in [5.74, 6) is 0.0366. The number of methoxy groups -OCH3 is 1. The van der Waals surface area contributed by atoms with Crippen molar-refractivity contribution >= 4 is 28.3 Å². The molecule has 278 valence electrons. The van der Waals surface area contributed by atoms with Gasteiger partial charge in [0.1, 0.15) is 22.8 Å². The molecule has 2 heterocycles. The number of rotatable bonds is 15. The van der Waals surface area contributed by atoms with Crippen molar-refractivity contribution in [3.05, 3.63) is 100 Å². The van der Waals surface area contributed by atoms with Gasteiger partial charge in [0.2, 0.25) is 0 Å². The van der Waals surface area contributed by atoms with Crippen molar-refractivity contribution in [2.75, 3.05) is 44.5 Å². The van der Waals surface area contributed by atoms with Crippen LogP contribution in [-0.4, -0.2) is 69.4 Å². The highest BCUT2D eigenvalue weighted by atomic mass is 32.2. The van der Waals surface area contributed by atoms with Crippen LogP contribution in [0.2, 0.25) is 0 Å². The third kappa shape index (κ3) is 8.91. The largest absolute Gasteiger partial charge is 0.488 e. The first-order valence-electron chi connectivity index (χ1n) is 17.9. The number of carbonyl (C=O) groups is 1. The summed E-state index contributed by atoms with van der Waals surface area (Å²) >= 11 is 0. The Morgan fingerprint density at radius 2 is 1.85 bits per heavy atom. The molecule has 0 fully saturated rings. The molecule has 4 aromatic rings. The monoisotopic (exact) mass is 728 g/mol. The van der Waals surface area contributed by atoms with Crippen molar-refractivity contribution in [2.45, 2.75) is 83.4 Å². The first-order valence-corrected chi connectivity index (χ1v) is 19.0. The number of aromatic nitrogens is 2. The fraction of sp³-hybridized carbons (Fsp3) is 0.425. The Kier molecular flexibility index (Phi) is 12.9. The molecule has 1 amide bonds. The van der Waals surface area contributed by atoms with Crippen LogP contribution >= 0.6 is 0 Å². The van der Waals surface area contributed by atoms with E-state index < -0.39 is 16.5 Å². The lowest BCUT2D eigenvalue weighted by molar-refractivity contribution is 0.0905. The normalized spacial score (nSPS) is 16.7. The fourth-order valence-corrected chi connectivity index (χ4v) is 7.93. The third-order valence-electron chi connectivity index (χ3n) is 9.49. The number of nitrogens with zero attached hydrogens (tertiary/aromatic N) is 3. The molecule has 1 unspecified atom stereocenters. The zero-order valence-corrected chi connectivity index (χ0v) is 32.1. The van der Waals surface area contributed by atoms with Crippen molar-refractivity contribution in [3.8, 4) is 11.8 Å². The van der Waals surface area contributed by atoms with Crippen LogP contribution in [-0.2, 0) is 22.3 Å². The molecule has 0 bridgehead atoms. The summed E-state index contributed by atoms with van der Waals surface area (Å²) in [6.45, 7) is 14.9. The molecule has 52 heavy (non-hydrogen) atoms. The predicted molar refractivity (Wildman–Crippen MR) is 206 cm³/mol. The highest BCUT2D eigenvalue weighted by molar-refractivity contribution is 7.82. The van der Waals surface area contributed by atoms with Gasteiger partial charge in [-0.3, -0.25) is 4.79 Å². The highest BCUT2D eigenvalue weighted by Crippen LogP contribution is 2.41. The SMILES string of the molecule is CCNc1ccc([C@H](c2ccc(C)c(CN3C[C@@H](CC)Oc4ccccc4S3=O)c2)C(C)(C)NC(=O)c2cnc(OCCCOC)nc2)c(C)c1N. The average Bonchev–Trinajstić information content (AvgIpc) is 3.26. The standard InChI is InChI=1S/C40H52N6O5S/c1-8-31-25-46(52(48)35-14-11-10-13-34(35)51-31)24-29-21-28(16-15-26(29)3)36(32-17-18-33(42-9-2)37(41)27(32)4)40(5,6)45-38(47)30-22-43-39(44-23-30)50-20-12-19-49-7/h10-11,13-18,21-23,31,36,42H,8-9,12,19-20,24-25,41H2,1-7H3,(H,45,47)/t31-,36+,52?/m1/s1. The van der Waals surface area contributed by atoms with Gasteiger partial charge in [-0.2, -0.15) is 0 Å². The molecule has 0 saturated carbocycles. The molecular weight excluding hydrogens is 677 g/mol. The number of aryl methyl sites for hydroxylation is 1. The Labute approximate surface area is 310 Å². The van der Waals surface area contributed by atoms with E-state index >= 15 is 0 Å². The number of amides is 1. The van der Waals surface area contributed by atoms with Crippen LogP contribution in [0.4, 0.5) is 11.4 Å². The summed E-state index contributed by atoms with van der Waals surface area (Å²) in [6.07, 6.45) is 4.35. The van der Waals surface area contributed by atoms with Gasteiger partial charge < -0.3 is 30.6 Å². The number of nitrogen functional groups attached to an aromatic ring is 1. The molecule has 3 aromatic carbocycles. The van der Waals surface area contributed by atoms with Crippen LogP contribution in [0, 0.1) is 13.8 Å². The minimum Gasteiger partial charge on any atom is -0.488 e. The second kappa shape index (κ2) is 17.3. The van der Waals surface area contributed by atoms with Crippen LogP contribution in [0.3, 0.4) is 0 Å². The number of nitrogens with one attached hydrogen (secondary N) is 2. The third-order valence-corrected chi connectivity index (χ3v) is 10.9. The molecule has 5 rings (SSSR count). The molecule has 11 nitrogen and oxygen atoms in total. The maximum Gasteiger partial charge on any atom is 0.316 e. The number of benzene rings is 3. The Hall–Kier alpha value is -4.52. The molecule has 12 heteroatoms. The first-order chi connectivity index (χ1) is 25.0. The molecule has 0 radical (unpaired) electrons. The zero-order valence-electron chi connectivity index (χ0n) is 31.3. The maximum atomic E-state index is 14.0. The first kappa shape index (κ1) is 38.7. The minimum absolute atomic E-state index is 0.0980.